The summed E-state index contributed by atoms with van der Waals surface area (Å²) in [7, 11) is 0. The molecule has 2 aromatic rings. The lowest BCUT2D eigenvalue weighted by atomic mass is 10.1. The molecule has 25 heavy (non-hydrogen) atoms. The van der Waals surface area contributed by atoms with E-state index in [1.54, 1.807) is 6.20 Å². The number of hydrogen-bond donors (Lipinski definition) is 2. The monoisotopic (exact) mass is 341 g/mol. The molecule has 0 amide bonds. The molecule has 0 saturated carbocycles. The highest BCUT2D eigenvalue weighted by Gasteiger charge is 2.12. The summed E-state index contributed by atoms with van der Waals surface area (Å²) in [5, 5.41) is 7.37. The van der Waals surface area contributed by atoms with Gasteiger partial charge in [0.05, 0.1) is 18.9 Å². The minimum Gasteiger partial charge on any atom is -0.490 e. The number of hydrogen-bond acceptors (Lipinski definition) is 7. The average molecular weight is 341 g/mol. The third-order valence-electron chi connectivity index (χ3n) is 3.69. The van der Waals surface area contributed by atoms with Gasteiger partial charge in [-0.2, -0.15) is 5.10 Å². The number of aromatic nitrogens is 2. The molecular formula is C18H23N5O2. The van der Waals surface area contributed by atoms with E-state index in [-0.39, 0.29) is 5.92 Å². The molecule has 0 radical (unpaired) electrons. The molecule has 0 bridgehead atoms. The fourth-order valence-electron chi connectivity index (χ4n) is 2.39. The molecule has 7 heteroatoms. The highest BCUT2D eigenvalue weighted by Crippen LogP contribution is 2.32. The fraction of sp³-hybridized carbons (Fsp3) is 0.389. The molecule has 1 atom stereocenters. The third kappa shape index (κ3) is 4.59. The second-order valence-corrected chi connectivity index (χ2v) is 5.72. The van der Waals surface area contributed by atoms with E-state index in [1.807, 2.05) is 44.3 Å². The molecule has 0 spiro atoms. The summed E-state index contributed by atoms with van der Waals surface area (Å²) < 4.78 is 11.4. The van der Waals surface area contributed by atoms with E-state index >= 15 is 0 Å². The van der Waals surface area contributed by atoms with Gasteiger partial charge >= 0.3 is 0 Å². The van der Waals surface area contributed by atoms with Gasteiger partial charge < -0.3 is 20.2 Å². The molecule has 1 aromatic carbocycles. The van der Waals surface area contributed by atoms with E-state index in [0.717, 1.165) is 35.8 Å². The van der Waals surface area contributed by atoms with Crippen molar-refractivity contribution in [3.63, 3.8) is 0 Å². The van der Waals surface area contributed by atoms with Gasteiger partial charge in [0.1, 0.15) is 0 Å². The van der Waals surface area contributed by atoms with Gasteiger partial charge in [-0.25, -0.2) is 9.97 Å². The smallest absolute Gasteiger partial charge is 0.227 e. The van der Waals surface area contributed by atoms with Crippen molar-refractivity contribution in [1.29, 1.82) is 0 Å². The zero-order chi connectivity index (χ0) is 17.5. The summed E-state index contributed by atoms with van der Waals surface area (Å²) in [4.78, 5) is 8.85. The van der Waals surface area contributed by atoms with Crippen LogP contribution in [0.15, 0.2) is 35.6 Å². The van der Waals surface area contributed by atoms with E-state index in [9.17, 15) is 0 Å². The van der Waals surface area contributed by atoms with Crippen molar-refractivity contribution in [1.82, 2.24) is 15.4 Å². The molecule has 0 fully saturated rings. The van der Waals surface area contributed by atoms with Crippen molar-refractivity contribution in [3.8, 4) is 11.5 Å². The average Bonchev–Trinajstić information content (AvgIpc) is 2.87. The van der Waals surface area contributed by atoms with Crippen molar-refractivity contribution in [3.05, 3.63) is 36.2 Å². The number of ether oxygens (including phenoxy) is 2. The molecule has 1 aliphatic heterocycles. The molecule has 1 unspecified atom stereocenters. The Morgan fingerprint density at radius 2 is 2.08 bits per heavy atom. The van der Waals surface area contributed by atoms with E-state index in [2.05, 4.69) is 25.8 Å². The molecule has 2 heterocycles. The quantitative estimate of drug-likeness (QED) is 0.621. The van der Waals surface area contributed by atoms with Crippen molar-refractivity contribution in [2.45, 2.75) is 26.2 Å². The lowest BCUT2D eigenvalue weighted by Crippen LogP contribution is -2.07. The summed E-state index contributed by atoms with van der Waals surface area (Å²) in [6, 6.07) is 7.63. The van der Waals surface area contributed by atoms with Gasteiger partial charge in [0, 0.05) is 43.0 Å². The Kier molecular flexibility index (Phi) is 5.66. The van der Waals surface area contributed by atoms with Crippen LogP contribution in [0.4, 0.5) is 11.6 Å². The maximum atomic E-state index is 5.71. The van der Waals surface area contributed by atoms with E-state index in [1.165, 1.54) is 0 Å². The number of rotatable bonds is 6. The van der Waals surface area contributed by atoms with Crippen LogP contribution >= 0.6 is 0 Å². The second-order valence-electron chi connectivity index (χ2n) is 5.72. The molecule has 2 N–H and O–H groups in total. The van der Waals surface area contributed by atoms with Gasteiger partial charge in [-0.05, 0) is 25.1 Å². The predicted molar refractivity (Wildman–Crippen MR) is 97.9 cm³/mol. The number of hydrazone groups is 1. The number of anilines is 2. The van der Waals surface area contributed by atoms with Crippen LogP contribution in [0.2, 0.25) is 0 Å². The highest BCUT2D eigenvalue weighted by molar-refractivity contribution is 5.66. The zero-order valence-corrected chi connectivity index (χ0v) is 14.5. The SMILES string of the molecule is CCN/N=C\C(C)c1ccnc(Nc2ccc3c(c2)OCCCO3)n1. The lowest BCUT2D eigenvalue weighted by Gasteiger charge is -2.11. The van der Waals surface area contributed by atoms with Crippen LogP contribution in [0, 0.1) is 0 Å². The third-order valence-corrected chi connectivity index (χ3v) is 3.69. The molecule has 1 aromatic heterocycles. The molecule has 1 aliphatic rings. The molecular weight excluding hydrogens is 318 g/mol. The number of nitrogens with one attached hydrogen (secondary N) is 2. The molecule has 3 rings (SSSR count). The Morgan fingerprint density at radius 3 is 2.92 bits per heavy atom. The predicted octanol–water partition coefficient (Wildman–Crippen LogP) is 3.08. The Bertz CT molecular complexity index is 735. The summed E-state index contributed by atoms with van der Waals surface area (Å²) in [5.41, 5.74) is 4.68. The maximum absolute atomic E-state index is 5.71. The standard InChI is InChI=1S/C18H23N5O2/c1-3-20-21-12-13(2)15-7-8-19-18(23-15)22-14-5-6-16-17(11-14)25-10-4-9-24-16/h5-8,11-13,20H,3-4,9-10H2,1-2H3,(H,19,22,23)/b21-12-. The Morgan fingerprint density at radius 1 is 1.24 bits per heavy atom. The highest BCUT2D eigenvalue weighted by atomic mass is 16.5. The molecule has 7 nitrogen and oxygen atoms in total. The van der Waals surface area contributed by atoms with Gasteiger partial charge in [-0.15, -0.1) is 0 Å². The summed E-state index contributed by atoms with van der Waals surface area (Å²) in [5.74, 6) is 2.14. The van der Waals surface area contributed by atoms with Crippen LogP contribution in [-0.4, -0.2) is 35.9 Å². The van der Waals surface area contributed by atoms with Crippen LogP contribution in [-0.2, 0) is 0 Å². The van der Waals surface area contributed by atoms with Crippen molar-refractivity contribution in [2.75, 3.05) is 25.1 Å². The first-order valence-electron chi connectivity index (χ1n) is 8.52. The van der Waals surface area contributed by atoms with Crippen molar-refractivity contribution >= 4 is 17.9 Å². The van der Waals surface area contributed by atoms with Crippen LogP contribution in [0.1, 0.15) is 31.9 Å². The first kappa shape index (κ1) is 17.0. The molecule has 0 aliphatic carbocycles. The van der Waals surface area contributed by atoms with Gasteiger partial charge in [0.25, 0.3) is 0 Å². The Hall–Kier alpha value is -2.83. The fourth-order valence-corrected chi connectivity index (χ4v) is 2.39. The number of nitrogens with zero attached hydrogens (tertiary/aromatic N) is 3. The summed E-state index contributed by atoms with van der Waals surface area (Å²) in [6.07, 6.45) is 4.46. The van der Waals surface area contributed by atoms with Gasteiger partial charge in [-0.1, -0.05) is 6.92 Å². The summed E-state index contributed by atoms with van der Waals surface area (Å²) >= 11 is 0. The summed E-state index contributed by atoms with van der Waals surface area (Å²) in [6.45, 7) is 6.18. The Balaban J connectivity index is 1.73. The molecule has 132 valence electrons. The van der Waals surface area contributed by atoms with Gasteiger partial charge in [0.2, 0.25) is 5.95 Å². The second kappa shape index (κ2) is 8.32. The first-order chi connectivity index (χ1) is 12.3. The number of benzene rings is 1. The maximum Gasteiger partial charge on any atom is 0.227 e. The first-order valence-corrected chi connectivity index (χ1v) is 8.52. The van der Waals surface area contributed by atoms with Gasteiger partial charge in [-0.3, -0.25) is 0 Å². The van der Waals surface area contributed by atoms with Crippen molar-refractivity contribution < 1.29 is 9.47 Å². The van der Waals surface area contributed by atoms with Crippen LogP contribution < -0.4 is 20.2 Å². The molecule has 0 saturated heterocycles. The minimum atomic E-state index is 0.0892. The van der Waals surface area contributed by atoms with E-state index < -0.39 is 0 Å². The normalized spacial score (nSPS) is 14.8. The van der Waals surface area contributed by atoms with E-state index in [0.29, 0.717) is 19.2 Å². The van der Waals surface area contributed by atoms with Crippen LogP contribution in [0.25, 0.3) is 0 Å². The zero-order valence-electron chi connectivity index (χ0n) is 14.5. The Labute approximate surface area is 147 Å². The lowest BCUT2D eigenvalue weighted by molar-refractivity contribution is 0.297. The number of fused-ring (bicyclic) bond motifs is 1. The largest absolute Gasteiger partial charge is 0.490 e. The van der Waals surface area contributed by atoms with E-state index in [4.69, 9.17) is 9.47 Å². The van der Waals surface area contributed by atoms with Gasteiger partial charge in [0.15, 0.2) is 11.5 Å². The van der Waals surface area contributed by atoms with Crippen LogP contribution in [0.5, 0.6) is 11.5 Å². The topological polar surface area (TPSA) is 80.7 Å². The van der Waals surface area contributed by atoms with Crippen molar-refractivity contribution in [2.24, 2.45) is 5.10 Å². The van der Waals surface area contributed by atoms with Crippen LogP contribution in [0.3, 0.4) is 0 Å². The minimum absolute atomic E-state index is 0.0892.